The highest BCUT2D eigenvalue weighted by molar-refractivity contribution is 7.09. The summed E-state index contributed by atoms with van der Waals surface area (Å²) in [5.74, 6) is 0.574. The van der Waals surface area contributed by atoms with E-state index in [1.165, 1.54) is 0 Å². The van der Waals surface area contributed by atoms with E-state index in [2.05, 4.69) is 20.4 Å². The van der Waals surface area contributed by atoms with Gasteiger partial charge >= 0.3 is 0 Å². The lowest BCUT2D eigenvalue weighted by Gasteiger charge is -2.34. The SMILES string of the molecule is Cc1nc(CN2CCN(C(=O)c3cc(-c4ccco4)n(-c4ccc(Cl)cc4)n3)CC2)cs1. The Labute approximate surface area is 194 Å². The van der Waals surface area contributed by atoms with Crippen molar-refractivity contribution in [2.45, 2.75) is 13.5 Å². The minimum absolute atomic E-state index is 0.0744. The number of halogens is 1. The number of rotatable bonds is 5. The Morgan fingerprint density at radius 3 is 2.59 bits per heavy atom. The lowest BCUT2D eigenvalue weighted by molar-refractivity contribution is 0.0621. The summed E-state index contributed by atoms with van der Waals surface area (Å²) in [6.45, 7) is 5.78. The third-order valence-electron chi connectivity index (χ3n) is 5.48. The lowest BCUT2D eigenvalue weighted by Crippen LogP contribution is -2.48. The van der Waals surface area contributed by atoms with Crippen molar-refractivity contribution >= 4 is 28.8 Å². The highest BCUT2D eigenvalue weighted by Gasteiger charge is 2.26. The Bertz CT molecular complexity index is 1210. The molecule has 0 aliphatic carbocycles. The lowest BCUT2D eigenvalue weighted by atomic mass is 10.2. The van der Waals surface area contributed by atoms with E-state index >= 15 is 0 Å². The Hall–Kier alpha value is -2.94. The fourth-order valence-corrected chi connectivity index (χ4v) is 4.58. The summed E-state index contributed by atoms with van der Waals surface area (Å²) >= 11 is 7.71. The van der Waals surface area contributed by atoms with Crippen LogP contribution in [0.2, 0.25) is 5.02 Å². The number of hydrogen-bond donors (Lipinski definition) is 0. The molecule has 1 saturated heterocycles. The van der Waals surface area contributed by atoms with Crippen LogP contribution in [0.25, 0.3) is 17.1 Å². The topological polar surface area (TPSA) is 67.4 Å². The van der Waals surface area contributed by atoms with Crippen LogP contribution in [0.5, 0.6) is 0 Å². The molecule has 3 aromatic heterocycles. The van der Waals surface area contributed by atoms with Crippen LogP contribution in [0.1, 0.15) is 21.2 Å². The zero-order valence-corrected chi connectivity index (χ0v) is 19.1. The summed E-state index contributed by atoms with van der Waals surface area (Å²) in [7, 11) is 0. The second kappa shape index (κ2) is 8.90. The summed E-state index contributed by atoms with van der Waals surface area (Å²) in [4.78, 5) is 22.0. The second-order valence-corrected chi connectivity index (χ2v) is 9.21. The van der Waals surface area contributed by atoms with E-state index in [1.54, 1.807) is 40.5 Å². The molecule has 0 radical (unpaired) electrons. The molecule has 0 spiro atoms. The van der Waals surface area contributed by atoms with E-state index in [-0.39, 0.29) is 5.91 Å². The van der Waals surface area contributed by atoms with Crippen molar-refractivity contribution in [3.63, 3.8) is 0 Å². The number of amides is 1. The molecule has 164 valence electrons. The molecule has 9 heteroatoms. The number of piperazine rings is 1. The van der Waals surface area contributed by atoms with Crippen molar-refractivity contribution in [3.05, 3.63) is 75.5 Å². The monoisotopic (exact) mass is 467 g/mol. The molecule has 0 bridgehead atoms. The number of aryl methyl sites for hydroxylation is 1. The maximum Gasteiger partial charge on any atom is 0.274 e. The first kappa shape index (κ1) is 20.9. The zero-order valence-electron chi connectivity index (χ0n) is 17.6. The first-order chi connectivity index (χ1) is 15.6. The molecule has 4 heterocycles. The van der Waals surface area contributed by atoms with Gasteiger partial charge in [-0.3, -0.25) is 9.69 Å². The van der Waals surface area contributed by atoms with Gasteiger partial charge in [-0.05, 0) is 43.3 Å². The van der Waals surface area contributed by atoms with Gasteiger partial charge in [-0.25, -0.2) is 9.67 Å². The van der Waals surface area contributed by atoms with Crippen molar-refractivity contribution in [2.75, 3.05) is 26.2 Å². The largest absolute Gasteiger partial charge is 0.463 e. The summed E-state index contributed by atoms with van der Waals surface area (Å²) in [5.41, 5.74) is 3.02. The zero-order chi connectivity index (χ0) is 22.1. The Balaban J connectivity index is 1.34. The minimum atomic E-state index is -0.0744. The molecule has 1 fully saturated rings. The molecule has 0 N–H and O–H groups in total. The van der Waals surface area contributed by atoms with Gasteiger partial charge in [0.25, 0.3) is 5.91 Å². The highest BCUT2D eigenvalue weighted by Crippen LogP contribution is 2.26. The van der Waals surface area contributed by atoms with Crippen LogP contribution in [0, 0.1) is 6.92 Å². The Kier molecular flexibility index (Phi) is 5.82. The number of benzene rings is 1. The molecule has 7 nitrogen and oxygen atoms in total. The third-order valence-corrected chi connectivity index (χ3v) is 6.56. The molecule has 1 aliphatic heterocycles. The van der Waals surface area contributed by atoms with Crippen LogP contribution in [-0.4, -0.2) is 56.7 Å². The summed E-state index contributed by atoms with van der Waals surface area (Å²) < 4.78 is 7.32. The smallest absolute Gasteiger partial charge is 0.274 e. The van der Waals surface area contributed by atoms with Crippen LogP contribution >= 0.6 is 22.9 Å². The molecule has 0 saturated carbocycles. The van der Waals surface area contributed by atoms with Crippen LogP contribution < -0.4 is 0 Å². The van der Waals surface area contributed by atoms with Gasteiger partial charge in [0.05, 0.1) is 22.7 Å². The van der Waals surface area contributed by atoms with Crippen molar-refractivity contribution in [1.29, 1.82) is 0 Å². The number of thiazole rings is 1. The van der Waals surface area contributed by atoms with Gasteiger partial charge < -0.3 is 9.32 Å². The number of aromatic nitrogens is 3. The number of carbonyl (C=O) groups is 1. The quantitative estimate of drug-likeness (QED) is 0.432. The number of furan rings is 1. The normalized spacial score (nSPS) is 14.8. The van der Waals surface area contributed by atoms with Gasteiger partial charge in [0.2, 0.25) is 0 Å². The molecule has 0 atom stereocenters. The van der Waals surface area contributed by atoms with E-state index < -0.39 is 0 Å². The van der Waals surface area contributed by atoms with Gasteiger partial charge in [-0.2, -0.15) is 5.10 Å². The van der Waals surface area contributed by atoms with Crippen molar-refractivity contribution in [3.8, 4) is 17.1 Å². The number of carbonyl (C=O) groups excluding carboxylic acids is 1. The predicted molar refractivity (Wildman–Crippen MR) is 124 cm³/mol. The molecule has 5 rings (SSSR count). The third kappa shape index (κ3) is 4.34. The average Bonchev–Trinajstić information content (AvgIpc) is 3.55. The molecule has 32 heavy (non-hydrogen) atoms. The van der Waals surface area contributed by atoms with Gasteiger partial charge in [0.1, 0.15) is 5.69 Å². The van der Waals surface area contributed by atoms with E-state index in [4.69, 9.17) is 16.0 Å². The maximum absolute atomic E-state index is 13.3. The Morgan fingerprint density at radius 2 is 1.94 bits per heavy atom. The maximum atomic E-state index is 13.3. The summed E-state index contributed by atoms with van der Waals surface area (Å²) in [5, 5.41) is 8.46. The van der Waals surface area contributed by atoms with Gasteiger partial charge in [0.15, 0.2) is 11.5 Å². The molecular formula is C23H22ClN5O2S. The number of nitrogens with zero attached hydrogens (tertiary/aromatic N) is 5. The van der Waals surface area contributed by atoms with Gasteiger partial charge in [-0.1, -0.05) is 11.6 Å². The van der Waals surface area contributed by atoms with Crippen LogP contribution in [0.4, 0.5) is 0 Å². The highest BCUT2D eigenvalue weighted by atomic mass is 35.5. The fourth-order valence-electron chi connectivity index (χ4n) is 3.85. The standard InChI is InChI=1S/C23H22ClN5O2S/c1-16-25-18(15-32-16)14-27-8-10-28(11-9-27)23(30)20-13-21(22-3-2-12-31-22)29(26-20)19-6-4-17(24)5-7-19/h2-7,12-13,15H,8-11,14H2,1H3. The first-order valence-corrected chi connectivity index (χ1v) is 11.6. The van der Waals surface area contributed by atoms with Crippen LogP contribution in [-0.2, 0) is 6.54 Å². The van der Waals surface area contributed by atoms with Crippen molar-refractivity contribution in [1.82, 2.24) is 24.6 Å². The molecule has 4 aromatic rings. The summed E-state index contributed by atoms with van der Waals surface area (Å²) in [6.07, 6.45) is 1.61. The van der Waals surface area contributed by atoms with Crippen LogP contribution in [0.3, 0.4) is 0 Å². The predicted octanol–water partition coefficient (Wildman–Crippen LogP) is 4.51. The van der Waals surface area contributed by atoms with Crippen molar-refractivity contribution in [2.24, 2.45) is 0 Å². The summed E-state index contributed by atoms with van der Waals surface area (Å²) in [6, 6.07) is 12.8. The van der Waals surface area contributed by atoms with Crippen molar-refractivity contribution < 1.29 is 9.21 Å². The second-order valence-electron chi connectivity index (χ2n) is 7.71. The first-order valence-electron chi connectivity index (χ1n) is 10.4. The van der Waals surface area contributed by atoms with E-state index in [1.807, 2.05) is 36.1 Å². The van der Waals surface area contributed by atoms with Gasteiger partial charge in [-0.15, -0.1) is 11.3 Å². The van der Waals surface area contributed by atoms with Gasteiger partial charge in [0, 0.05) is 49.2 Å². The van der Waals surface area contributed by atoms with Crippen LogP contribution in [0.15, 0.2) is 58.5 Å². The molecule has 1 aliphatic rings. The van der Waals surface area contributed by atoms with E-state index in [9.17, 15) is 4.79 Å². The van der Waals surface area contributed by atoms with E-state index in [0.717, 1.165) is 41.7 Å². The molecule has 0 unspecified atom stereocenters. The minimum Gasteiger partial charge on any atom is -0.463 e. The van der Waals surface area contributed by atoms with E-state index in [0.29, 0.717) is 29.6 Å². The Morgan fingerprint density at radius 1 is 1.16 bits per heavy atom. The average molecular weight is 468 g/mol. The molecular weight excluding hydrogens is 446 g/mol. The molecule has 1 amide bonds. The molecule has 1 aromatic carbocycles. The fraction of sp³-hybridized carbons (Fsp3) is 0.261. The number of hydrogen-bond acceptors (Lipinski definition) is 6.